The number of nitrogens with zero attached hydrogens (tertiary/aromatic N) is 1. The Bertz CT molecular complexity index is 834. The Labute approximate surface area is 155 Å². The second kappa shape index (κ2) is 9.18. The molecular weight excluding hydrogens is 356 g/mol. The molecule has 2 rings (SSSR count). The fourth-order valence-electron chi connectivity index (χ4n) is 2.20. The van der Waals surface area contributed by atoms with E-state index in [0.717, 1.165) is 6.07 Å². The Morgan fingerprint density at radius 3 is 2.37 bits per heavy atom. The first-order chi connectivity index (χ1) is 12.9. The van der Waals surface area contributed by atoms with Crippen LogP contribution in [0.25, 0.3) is 0 Å². The number of carbonyl (C=O) groups is 2. The van der Waals surface area contributed by atoms with Crippen molar-refractivity contribution in [2.45, 2.75) is 6.42 Å². The number of nitro groups is 1. The maximum atomic E-state index is 12.0. The van der Waals surface area contributed by atoms with E-state index in [1.807, 2.05) is 0 Å². The van der Waals surface area contributed by atoms with Crippen LogP contribution in [0.3, 0.4) is 0 Å². The molecule has 0 aliphatic carbocycles. The Morgan fingerprint density at radius 2 is 1.78 bits per heavy atom. The Morgan fingerprint density at radius 1 is 1.07 bits per heavy atom. The van der Waals surface area contributed by atoms with Gasteiger partial charge >= 0.3 is 5.97 Å². The summed E-state index contributed by atoms with van der Waals surface area (Å²) >= 11 is 0. The largest absolute Gasteiger partial charge is 0.497 e. The fraction of sp³-hybridized carbons (Fsp3) is 0.222. The van der Waals surface area contributed by atoms with Gasteiger partial charge in [-0.15, -0.1) is 0 Å². The molecule has 0 spiro atoms. The maximum absolute atomic E-state index is 12.0. The molecule has 0 aromatic heterocycles. The van der Waals surface area contributed by atoms with Crippen LogP contribution < -0.4 is 14.8 Å². The Hall–Kier alpha value is -3.62. The summed E-state index contributed by atoms with van der Waals surface area (Å²) in [4.78, 5) is 34.1. The second-order valence-electron chi connectivity index (χ2n) is 5.38. The molecule has 0 aliphatic rings. The van der Waals surface area contributed by atoms with Crippen LogP contribution in [-0.4, -0.2) is 37.6 Å². The minimum absolute atomic E-state index is 0.00258. The quantitative estimate of drug-likeness (QED) is 0.428. The molecular formula is C18H18N2O7. The average molecular weight is 374 g/mol. The predicted octanol–water partition coefficient (Wildman–Crippen LogP) is 2.34. The first-order valence-electron chi connectivity index (χ1n) is 7.83. The highest BCUT2D eigenvalue weighted by Gasteiger charge is 2.15. The summed E-state index contributed by atoms with van der Waals surface area (Å²) in [5.41, 5.74) is 0.618. The number of methoxy groups -OCH3 is 2. The van der Waals surface area contributed by atoms with Gasteiger partial charge in [0.15, 0.2) is 6.61 Å². The predicted molar refractivity (Wildman–Crippen MR) is 95.9 cm³/mol. The number of nitrogens with one attached hydrogen (secondary N) is 1. The molecule has 0 radical (unpaired) electrons. The molecule has 0 bridgehead atoms. The number of carbonyl (C=O) groups excluding carboxylic acids is 2. The monoisotopic (exact) mass is 374 g/mol. The normalized spacial score (nSPS) is 10.0. The summed E-state index contributed by atoms with van der Waals surface area (Å²) in [5.74, 6) is -0.311. The summed E-state index contributed by atoms with van der Waals surface area (Å²) < 4.78 is 15.0. The van der Waals surface area contributed by atoms with Gasteiger partial charge in [-0.2, -0.15) is 0 Å². The molecule has 0 atom stereocenters. The number of anilines is 1. The van der Waals surface area contributed by atoms with Gasteiger partial charge in [0.2, 0.25) is 0 Å². The Balaban J connectivity index is 1.90. The summed E-state index contributed by atoms with van der Waals surface area (Å²) in [5, 5.41) is 13.3. The number of ether oxygens (including phenoxy) is 3. The fourth-order valence-corrected chi connectivity index (χ4v) is 2.20. The highest BCUT2D eigenvalue weighted by Crippen LogP contribution is 2.28. The first-order valence-corrected chi connectivity index (χ1v) is 7.83. The third-order valence-electron chi connectivity index (χ3n) is 3.54. The molecule has 2 aromatic rings. The van der Waals surface area contributed by atoms with Crippen molar-refractivity contribution in [3.63, 3.8) is 0 Å². The van der Waals surface area contributed by atoms with E-state index in [2.05, 4.69) is 5.32 Å². The SMILES string of the molecule is COc1ccc(CC(=O)OCC(=O)Nc2cc([N+](=O)[O-])ccc2OC)cc1. The van der Waals surface area contributed by atoms with Gasteiger partial charge in [-0.3, -0.25) is 19.7 Å². The van der Waals surface area contributed by atoms with Gasteiger partial charge in [-0.25, -0.2) is 0 Å². The average Bonchev–Trinajstić information content (AvgIpc) is 2.67. The number of amides is 1. The highest BCUT2D eigenvalue weighted by atomic mass is 16.6. The second-order valence-corrected chi connectivity index (χ2v) is 5.38. The zero-order chi connectivity index (χ0) is 19.8. The van der Waals surface area contributed by atoms with Crippen LogP contribution in [0.4, 0.5) is 11.4 Å². The van der Waals surface area contributed by atoms with Crippen molar-refractivity contribution in [1.29, 1.82) is 0 Å². The van der Waals surface area contributed by atoms with Crippen LogP contribution in [0.15, 0.2) is 42.5 Å². The van der Waals surface area contributed by atoms with E-state index < -0.39 is 23.4 Å². The first kappa shape index (κ1) is 19.7. The molecule has 0 fully saturated rings. The molecule has 9 heteroatoms. The number of non-ortho nitro benzene ring substituents is 1. The van der Waals surface area contributed by atoms with E-state index in [9.17, 15) is 19.7 Å². The Kier molecular flexibility index (Phi) is 6.70. The van der Waals surface area contributed by atoms with Crippen LogP contribution in [0.2, 0.25) is 0 Å². The number of rotatable bonds is 8. The lowest BCUT2D eigenvalue weighted by Crippen LogP contribution is -2.22. The lowest BCUT2D eigenvalue weighted by molar-refractivity contribution is -0.384. The van der Waals surface area contributed by atoms with E-state index in [1.165, 1.54) is 26.4 Å². The number of nitro benzene ring substituents is 1. The van der Waals surface area contributed by atoms with E-state index in [4.69, 9.17) is 14.2 Å². The minimum Gasteiger partial charge on any atom is -0.497 e. The van der Waals surface area contributed by atoms with Crippen molar-refractivity contribution in [1.82, 2.24) is 0 Å². The van der Waals surface area contributed by atoms with Gasteiger partial charge in [-0.05, 0) is 23.8 Å². The van der Waals surface area contributed by atoms with Crippen molar-refractivity contribution >= 4 is 23.3 Å². The topological polar surface area (TPSA) is 117 Å². The van der Waals surface area contributed by atoms with Gasteiger partial charge < -0.3 is 19.5 Å². The van der Waals surface area contributed by atoms with Crippen molar-refractivity contribution in [2.75, 3.05) is 26.1 Å². The molecule has 0 aliphatic heterocycles. The van der Waals surface area contributed by atoms with Gasteiger partial charge in [0.25, 0.3) is 11.6 Å². The van der Waals surface area contributed by atoms with E-state index in [1.54, 1.807) is 24.3 Å². The van der Waals surface area contributed by atoms with Crippen molar-refractivity contribution < 1.29 is 28.7 Å². The third-order valence-corrected chi connectivity index (χ3v) is 3.54. The van der Waals surface area contributed by atoms with Crippen LogP contribution in [0, 0.1) is 10.1 Å². The van der Waals surface area contributed by atoms with E-state index in [-0.39, 0.29) is 23.5 Å². The minimum atomic E-state index is -0.642. The van der Waals surface area contributed by atoms with E-state index in [0.29, 0.717) is 11.3 Å². The number of benzene rings is 2. The molecule has 0 heterocycles. The zero-order valence-corrected chi connectivity index (χ0v) is 14.8. The number of hydrogen-bond donors (Lipinski definition) is 1. The summed E-state index contributed by atoms with van der Waals surface area (Å²) in [6, 6.07) is 10.6. The zero-order valence-electron chi connectivity index (χ0n) is 14.8. The van der Waals surface area contributed by atoms with Gasteiger partial charge in [0, 0.05) is 12.1 Å². The molecule has 9 nitrogen and oxygen atoms in total. The number of hydrogen-bond acceptors (Lipinski definition) is 7. The van der Waals surface area contributed by atoms with Gasteiger partial charge in [0.05, 0.1) is 31.3 Å². The molecule has 0 saturated heterocycles. The highest BCUT2D eigenvalue weighted by molar-refractivity contribution is 5.94. The van der Waals surface area contributed by atoms with Gasteiger partial charge in [0.1, 0.15) is 11.5 Å². The lowest BCUT2D eigenvalue weighted by atomic mass is 10.1. The smallest absolute Gasteiger partial charge is 0.310 e. The summed E-state index contributed by atoms with van der Waals surface area (Å²) in [6.45, 7) is -0.527. The molecule has 1 amide bonds. The number of esters is 1. The molecule has 2 aromatic carbocycles. The van der Waals surface area contributed by atoms with Crippen molar-refractivity contribution in [3.8, 4) is 11.5 Å². The van der Waals surface area contributed by atoms with E-state index >= 15 is 0 Å². The molecule has 142 valence electrons. The summed E-state index contributed by atoms with van der Waals surface area (Å²) in [6.07, 6.45) is -0.00258. The maximum Gasteiger partial charge on any atom is 0.310 e. The van der Waals surface area contributed by atoms with Crippen molar-refractivity contribution in [3.05, 3.63) is 58.1 Å². The lowest BCUT2D eigenvalue weighted by Gasteiger charge is -2.10. The van der Waals surface area contributed by atoms with Crippen LogP contribution in [0.5, 0.6) is 11.5 Å². The van der Waals surface area contributed by atoms with Crippen LogP contribution >= 0.6 is 0 Å². The summed E-state index contributed by atoms with van der Waals surface area (Å²) in [7, 11) is 2.91. The van der Waals surface area contributed by atoms with Crippen LogP contribution in [0.1, 0.15) is 5.56 Å². The third kappa shape index (κ3) is 5.70. The molecule has 27 heavy (non-hydrogen) atoms. The molecule has 0 saturated carbocycles. The van der Waals surface area contributed by atoms with Crippen LogP contribution in [-0.2, 0) is 20.7 Å². The van der Waals surface area contributed by atoms with Gasteiger partial charge in [-0.1, -0.05) is 12.1 Å². The molecule has 0 unspecified atom stereocenters. The standard InChI is InChI=1S/C18H18N2O7/c1-25-14-6-3-12(4-7-14)9-18(22)27-11-17(21)19-15-10-13(20(23)24)5-8-16(15)26-2/h3-8,10H,9,11H2,1-2H3,(H,19,21). The molecule has 1 N–H and O–H groups in total. The van der Waals surface area contributed by atoms with Crippen molar-refractivity contribution in [2.24, 2.45) is 0 Å².